The number of hydrogen-bond acceptors (Lipinski definition) is 7. The Balaban J connectivity index is 1.32. The third kappa shape index (κ3) is 2.97. The fourth-order valence-corrected chi connectivity index (χ4v) is 4.75. The SMILES string of the molecule is COc1ccc2c(OCc3nnc4sc(-c5cc6ccccc6n5C)nn34)ccnc2c1. The van der Waals surface area contributed by atoms with Crippen LogP contribution in [0.1, 0.15) is 5.82 Å². The van der Waals surface area contributed by atoms with E-state index in [0.29, 0.717) is 5.82 Å². The van der Waals surface area contributed by atoms with Gasteiger partial charge in [0.2, 0.25) is 4.96 Å². The molecule has 32 heavy (non-hydrogen) atoms. The zero-order valence-corrected chi connectivity index (χ0v) is 18.2. The minimum atomic E-state index is 0.241. The summed E-state index contributed by atoms with van der Waals surface area (Å²) in [6, 6.07) is 18.0. The van der Waals surface area contributed by atoms with Gasteiger partial charge in [-0.15, -0.1) is 10.2 Å². The van der Waals surface area contributed by atoms with Crippen LogP contribution in [0.3, 0.4) is 0 Å². The van der Waals surface area contributed by atoms with Crippen molar-refractivity contribution in [2.75, 3.05) is 7.11 Å². The molecule has 0 N–H and O–H groups in total. The highest BCUT2D eigenvalue weighted by atomic mass is 32.1. The van der Waals surface area contributed by atoms with Crippen LogP contribution in [0.2, 0.25) is 0 Å². The molecule has 4 heterocycles. The van der Waals surface area contributed by atoms with Gasteiger partial charge in [0.15, 0.2) is 10.8 Å². The van der Waals surface area contributed by atoms with E-state index >= 15 is 0 Å². The molecular weight excluding hydrogens is 424 g/mol. The van der Waals surface area contributed by atoms with Gasteiger partial charge in [-0.1, -0.05) is 29.5 Å². The smallest absolute Gasteiger partial charge is 0.235 e. The number of nitrogens with zero attached hydrogens (tertiary/aromatic N) is 6. The fraction of sp³-hybridized carbons (Fsp3) is 0.130. The standard InChI is InChI=1S/C23H18N6O2S/c1-28-18-6-4-3-5-14(18)11-19(28)22-27-29-21(25-26-23(29)32-22)13-31-20-9-10-24-17-12-15(30-2)7-8-16(17)20/h3-12H,13H2,1-2H3. The number of pyridine rings is 1. The largest absolute Gasteiger partial charge is 0.497 e. The van der Waals surface area contributed by atoms with E-state index in [1.54, 1.807) is 17.8 Å². The molecule has 0 spiro atoms. The summed E-state index contributed by atoms with van der Waals surface area (Å²) >= 11 is 1.51. The van der Waals surface area contributed by atoms with Crippen LogP contribution in [0, 0.1) is 0 Å². The second kappa shape index (κ2) is 7.31. The molecule has 0 fully saturated rings. The van der Waals surface area contributed by atoms with Crippen LogP contribution in [0.4, 0.5) is 0 Å². The number of para-hydroxylation sites is 1. The van der Waals surface area contributed by atoms with Crippen molar-refractivity contribution in [2.24, 2.45) is 7.05 Å². The van der Waals surface area contributed by atoms with Crippen molar-refractivity contribution in [3.63, 3.8) is 0 Å². The van der Waals surface area contributed by atoms with E-state index in [0.717, 1.165) is 38.1 Å². The molecule has 4 aromatic heterocycles. The van der Waals surface area contributed by atoms with Gasteiger partial charge in [-0.05, 0) is 30.3 Å². The number of ether oxygens (including phenoxy) is 2. The first-order valence-electron chi connectivity index (χ1n) is 10.0. The maximum absolute atomic E-state index is 6.09. The van der Waals surface area contributed by atoms with Crippen molar-refractivity contribution < 1.29 is 9.47 Å². The minimum absolute atomic E-state index is 0.241. The maximum Gasteiger partial charge on any atom is 0.235 e. The summed E-state index contributed by atoms with van der Waals surface area (Å²) in [5.74, 6) is 2.11. The minimum Gasteiger partial charge on any atom is -0.497 e. The molecule has 6 aromatic rings. The first-order chi connectivity index (χ1) is 15.7. The fourth-order valence-electron chi connectivity index (χ4n) is 3.84. The van der Waals surface area contributed by atoms with E-state index in [-0.39, 0.29) is 6.61 Å². The molecule has 8 nitrogen and oxygen atoms in total. The molecule has 0 bridgehead atoms. The number of rotatable bonds is 5. The number of fused-ring (bicyclic) bond motifs is 3. The summed E-state index contributed by atoms with van der Waals surface area (Å²) in [6.45, 7) is 0.241. The maximum atomic E-state index is 6.09. The van der Waals surface area contributed by atoms with Crippen LogP contribution in [-0.4, -0.2) is 36.5 Å². The van der Waals surface area contributed by atoms with Crippen LogP contribution in [0.15, 0.2) is 60.8 Å². The van der Waals surface area contributed by atoms with Crippen LogP contribution in [-0.2, 0) is 13.7 Å². The highest BCUT2D eigenvalue weighted by Gasteiger charge is 2.17. The van der Waals surface area contributed by atoms with Gasteiger partial charge >= 0.3 is 0 Å². The molecule has 6 rings (SSSR count). The normalized spacial score (nSPS) is 11.6. The Labute approximate surface area is 186 Å². The van der Waals surface area contributed by atoms with Crippen molar-refractivity contribution in [2.45, 2.75) is 6.61 Å². The highest BCUT2D eigenvalue weighted by molar-refractivity contribution is 7.19. The topological polar surface area (TPSA) is 79.4 Å². The molecule has 0 radical (unpaired) electrons. The quantitative estimate of drug-likeness (QED) is 0.392. The lowest BCUT2D eigenvalue weighted by Crippen LogP contribution is -2.03. The second-order valence-electron chi connectivity index (χ2n) is 7.35. The van der Waals surface area contributed by atoms with Gasteiger partial charge in [0, 0.05) is 35.6 Å². The van der Waals surface area contributed by atoms with Crippen molar-refractivity contribution >= 4 is 38.1 Å². The monoisotopic (exact) mass is 442 g/mol. The third-order valence-electron chi connectivity index (χ3n) is 5.49. The summed E-state index contributed by atoms with van der Waals surface area (Å²) in [5.41, 5.74) is 3.01. The molecule has 9 heteroatoms. The van der Waals surface area contributed by atoms with Gasteiger partial charge in [-0.2, -0.15) is 9.61 Å². The van der Waals surface area contributed by atoms with Gasteiger partial charge in [0.05, 0.1) is 18.3 Å². The zero-order chi connectivity index (χ0) is 21.7. The highest BCUT2D eigenvalue weighted by Crippen LogP contribution is 2.31. The summed E-state index contributed by atoms with van der Waals surface area (Å²) in [6.07, 6.45) is 1.72. The summed E-state index contributed by atoms with van der Waals surface area (Å²) < 4.78 is 15.3. The Morgan fingerprint density at radius 2 is 1.94 bits per heavy atom. The van der Waals surface area contributed by atoms with Gasteiger partial charge in [-0.25, -0.2) is 0 Å². The van der Waals surface area contributed by atoms with Crippen molar-refractivity contribution in [3.8, 4) is 22.2 Å². The average molecular weight is 443 g/mol. The van der Waals surface area contributed by atoms with Crippen molar-refractivity contribution in [1.82, 2.24) is 29.4 Å². The molecule has 0 aliphatic rings. The molecule has 0 atom stereocenters. The van der Waals surface area contributed by atoms with E-state index in [1.165, 1.54) is 22.2 Å². The van der Waals surface area contributed by atoms with Gasteiger partial charge in [-0.3, -0.25) is 4.98 Å². The number of methoxy groups -OCH3 is 1. The van der Waals surface area contributed by atoms with Gasteiger partial charge in [0.25, 0.3) is 0 Å². The van der Waals surface area contributed by atoms with Crippen LogP contribution < -0.4 is 9.47 Å². The molecule has 0 aliphatic carbocycles. The molecule has 0 aliphatic heterocycles. The lowest BCUT2D eigenvalue weighted by Gasteiger charge is -2.08. The number of aryl methyl sites for hydroxylation is 1. The van der Waals surface area contributed by atoms with Gasteiger partial charge in [0.1, 0.15) is 18.1 Å². The summed E-state index contributed by atoms with van der Waals surface area (Å²) in [4.78, 5) is 5.13. The number of aromatic nitrogens is 6. The Morgan fingerprint density at radius 3 is 2.81 bits per heavy atom. The van der Waals surface area contributed by atoms with Crippen LogP contribution >= 0.6 is 11.3 Å². The third-order valence-corrected chi connectivity index (χ3v) is 6.41. The van der Waals surface area contributed by atoms with Crippen LogP contribution in [0.5, 0.6) is 11.5 Å². The number of benzene rings is 2. The summed E-state index contributed by atoms with van der Waals surface area (Å²) in [7, 11) is 3.69. The van der Waals surface area contributed by atoms with Crippen LogP contribution in [0.25, 0.3) is 37.5 Å². The van der Waals surface area contributed by atoms with Gasteiger partial charge < -0.3 is 14.0 Å². The van der Waals surface area contributed by atoms with E-state index in [2.05, 4.69) is 37.9 Å². The Bertz CT molecular complexity index is 1600. The second-order valence-corrected chi connectivity index (χ2v) is 8.30. The lowest BCUT2D eigenvalue weighted by molar-refractivity contribution is 0.296. The van der Waals surface area contributed by atoms with E-state index < -0.39 is 0 Å². The van der Waals surface area contributed by atoms with E-state index in [4.69, 9.17) is 14.6 Å². The molecule has 158 valence electrons. The predicted octanol–water partition coefficient (Wildman–Crippen LogP) is 4.48. The lowest BCUT2D eigenvalue weighted by atomic mass is 10.2. The Kier molecular flexibility index (Phi) is 4.29. The molecule has 0 saturated carbocycles. The predicted molar refractivity (Wildman–Crippen MR) is 123 cm³/mol. The van der Waals surface area contributed by atoms with Crippen molar-refractivity contribution in [1.29, 1.82) is 0 Å². The molecular formula is C23H18N6O2S. The molecule has 0 saturated heterocycles. The zero-order valence-electron chi connectivity index (χ0n) is 17.4. The van der Waals surface area contributed by atoms with E-state index in [1.807, 2.05) is 43.4 Å². The number of hydrogen-bond donors (Lipinski definition) is 0. The Morgan fingerprint density at radius 1 is 1.03 bits per heavy atom. The molecule has 0 amide bonds. The first-order valence-corrected chi connectivity index (χ1v) is 10.8. The summed E-state index contributed by atoms with van der Waals surface area (Å²) in [5, 5.41) is 16.3. The van der Waals surface area contributed by atoms with E-state index in [9.17, 15) is 0 Å². The first kappa shape index (κ1) is 18.8. The molecule has 0 unspecified atom stereocenters. The van der Waals surface area contributed by atoms with Crippen molar-refractivity contribution in [3.05, 3.63) is 66.6 Å². The average Bonchev–Trinajstić information content (AvgIpc) is 3.50. The Hall–Kier alpha value is -3.98. The molecule has 2 aromatic carbocycles.